The zero-order valence-electron chi connectivity index (χ0n) is 30.2. The van der Waals surface area contributed by atoms with E-state index >= 15 is 0 Å². The molecule has 5 atom stereocenters. The number of aliphatic hydroxyl groups is 1. The minimum absolute atomic E-state index is 0.0194. The number of benzene rings is 2. The van der Waals surface area contributed by atoms with E-state index in [2.05, 4.69) is 5.32 Å². The molecule has 282 valence electrons. The lowest BCUT2D eigenvalue weighted by Gasteiger charge is -2.40. The van der Waals surface area contributed by atoms with E-state index in [0.717, 1.165) is 12.0 Å². The van der Waals surface area contributed by atoms with Gasteiger partial charge in [-0.05, 0) is 48.8 Å². The van der Waals surface area contributed by atoms with Crippen molar-refractivity contribution in [3.63, 3.8) is 0 Å². The van der Waals surface area contributed by atoms with Gasteiger partial charge in [-0.15, -0.1) is 0 Å². The SMILES string of the molecule is CC(C)(CCCCNC(=O)C(C)(C)C)CN(C[C@@H](O)[C@H](Cc1ccccc1)N(C(=O)O)[C@H]1CO[C@H]2OCC[C@H]21)S(=O)(=O)c1ccc2c(c1)OCO2. The Hall–Kier alpha value is -3.43. The van der Waals surface area contributed by atoms with Crippen molar-refractivity contribution in [2.24, 2.45) is 16.7 Å². The Bertz CT molecular complexity index is 1610. The summed E-state index contributed by atoms with van der Waals surface area (Å²) in [6.07, 6.45) is -0.291. The second kappa shape index (κ2) is 16.1. The van der Waals surface area contributed by atoms with E-state index in [-0.39, 0.29) is 49.6 Å². The fraction of sp³-hybridized carbons (Fsp3) is 0.622. The summed E-state index contributed by atoms with van der Waals surface area (Å²) in [5.74, 6) is 0.513. The Labute approximate surface area is 301 Å². The molecule has 14 heteroatoms. The van der Waals surface area contributed by atoms with Crippen molar-refractivity contribution in [2.75, 3.05) is 39.6 Å². The van der Waals surface area contributed by atoms with Crippen molar-refractivity contribution in [1.29, 1.82) is 0 Å². The summed E-state index contributed by atoms with van der Waals surface area (Å²) in [5, 5.41) is 25.7. The predicted octanol–water partition coefficient (Wildman–Crippen LogP) is 4.48. The number of carboxylic acid groups (broad SMARTS) is 1. The molecule has 3 aliphatic rings. The molecular formula is C37H53N3O10S. The van der Waals surface area contributed by atoms with E-state index in [1.54, 1.807) is 6.07 Å². The third-order valence-electron chi connectivity index (χ3n) is 9.90. The van der Waals surface area contributed by atoms with Gasteiger partial charge in [0, 0.05) is 37.0 Å². The zero-order chi connectivity index (χ0) is 37.0. The lowest BCUT2D eigenvalue weighted by Crippen LogP contribution is -2.58. The van der Waals surface area contributed by atoms with Crippen LogP contribution in [0.2, 0.25) is 0 Å². The third kappa shape index (κ3) is 9.52. The smallest absolute Gasteiger partial charge is 0.407 e. The van der Waals surface area contributed by atoms with Crippen LogP contribution in [-0.4, -0.2) is 104 Å². The van der Waals surface area contributed by atoms with Crippen LogP contribution in [0.15, 0.2) is 53.4 Å². The van der Waals surface area contributed by atoms with Crippen LogP contribution in [0.4, 0.5) is 4.79 Å². The number of ether oxygens (including phenoxy) is 4. The maximum Gasteiger partial charge on any atom is 0.407 e. The summed E-state index contributed by atoms with van der Waals surface area (Å²) in [6, 6.07) is 12.1. The monoisotopic (exact) mass is 731 g/mol. The Morgan fingerprint density at radius 2 is 1.73 bits per heavy atom. The number of aliphatic hydroxyl groups excluding tert-OH is 1. The number of fused-ring (bicyclic) bond motifs is 2. The lowest BCUT2D eigenvalue weighted by atomic mass is 9.86. The Morgan fingerprint density at radius 1 is 1.00 bits per heavy atom. The molecule has 3 aliphatic heterocycles. The molecule has 0 aliphatic carbocycles. The van der Waals surface area contributed by atoms with Crippen LogP contribution in [0, 0.1) is 16.7 Å². The second-order valence-electron chi connectivity index (χ2n) is 15.5. The van der Waals surface area contributed by atoms with Crippen LogP contribution in [-0.2, 0) is 30.7 Å². The van der Waals surface area contributed by atoms with Crippen LogP contribution in [0.5, 0.6) is 11.5 Å². The molecule has 2 fully saturated rings. The molecule has 51 heavy (non-hydrogen) atoms. The number of rotatable bonds is 16. The fourth-order valence-corrected chi connectivity index (χ4v) is 8.71. The van der Waals surface area contributed by atoms with Gasteiger partial charge in [-0.2, -0.15) is 4.31 Å². The van der Waals surface area contributed by atoms with Gasteiger partial charge in [0.15, 0.2) is 17.8 Å². The van der Waals surface area contributed by atoms with Gasteiger partial charge in [-0.1, -0.05) is 71.4 Å². The molecule has 0 bridgehead atoms. The molecule has 3 N–H and O–H groups in total. The maximum atomic E-state index is 14.5. The number of hydrogen-bond donors (Lipinski definition) is 3. The Morgan fingerprint density at radius 3 is 2.43 bits per heavy atom. The molecule has 0 aromatic heterocycles. The topological polar surface area (TPSA) is 164 Å². The van der Waals surface area contributed by atoms with E-state index in [0.29, 0.717) is 43.9 Å². The van der Waals surface area contributed by atoms with E-state index in [1.807, 2.05) is 65.0 Å². The van der Waals surface area contributed by atoms with Gasteiger partial charge >= 0.3 is 6.09 Å². The summed E-state index contributed by atoms with van der Waals surface area (Å²) < 4.78 is 52.6. The number of nitrogens with zero attached hydrogens (tertiary/aromatic N) is 2. The van der Waals surface area contributed by atoms with Gasteiger partial charge in [0.05, 0.1) is 36.3 Å². The van der Waals surface area contributed by atoms with Crippen molar-refractivity contribution in [1.82, 2.24) is 14.5 Å². The standard InChI is InChI=1S/C37H53N3O10S/c1-36(2,3)34(42)38-17-10-9-16-37(4,5)23-39(51(45,46)26-13-14-31-32(20-26)50-24-49-31)21-30(41)28(19-25-11-7-6-8-12-25)40(35(43)44)29-22-48-33-27(29)15-18-47-33/h6-8,11-14,20,27-30,33,41H,9-10,15-19,21-24H2,1-5H3,(H,38,42)(H,43,44)/t27-,28-,29-,30+,33+/m0/s1. The first-order valence-corrected chi connectivity index (χ1v) is 19.2. The van der Waals surface area contributed by atoms with Crippen molar-refractivity contribution in [3.8, 4) is 11.5 Å². The molecule has 3 heterocycles. The van der Waals surface area contributed by atoms with E-state index in [9.17, 15) is 28.2 Å². The van der Waals surface area contributed by atoms with E-state index in [1.165, 1.54) is 21.3 Å². The first-order valence-electron chi connectivity index (χ1n) is 17.7. The van der Waals surface area contributed by atoms with Gasteiger partial charge in [-0.3, -0.25) is 9.69 Å². The van der Waals surface area contributed by atoms with Gasteiger partial charge in [0.1, 0.15) is 0 Å². The predicted molar refractivity (Wildman–Crippen MR) is 189 cm³/mol. The second-order valence-corrected chi connectivity index (χ2v) is 17.5. The highest BCUT2D eigenvalue weighted by Crippen LogP contribution is 2.38. The molecule has 0 spiro atoms. The molecular weight excluding hydrogens is 678 g/mol. The number of sulfonamides is 1. The molecule has 2 saturated heterocycles. The van der Waals surface area contributed by atoms with Gasteiger partial charge < -0.3 is 34.5 Å². The summed E-state index contributed by atoms with van der Waals surface area (Å²) in [5.41, 5.74) is -0.239. The highest BCUT2D eigenvalue weighted by molar-refractivity contribution is 7.89. The van der Waals surface area contributed by atoms with Crippen molar-refractivity contribution < 1.29 is 47.2 Å². The molecule has 0 saturated carbocycles. The number of hydrogen-bond acceptors (Lipinski definition) is 9. The molecule has 0 radical (unpaired) electrons. The molecule has 0 unspecified atom stereocenters. The third-order valence-corrected chi connectivity index (χ3v) is 11.7. The van der Waals surface area contributed by atoms with Gasteiger partial charge in [-0.25, -0.2) is 13.2 Å². The lowest BCUT2D eigenvalue weighted by molar-refractivity contribution is -0.128. The maximum absolute atomic E-state index is 14.5. The van der Waals surface area contributed by atoms with Crippen LogP contribution < -0.4 is 14.8 Å². The average Bonchev–Trinajstić information content (AvgIpc) is 3.82. The summed E-state index contributed by atoms with van der Waals surface area (Å²) >= 11 is 0. The Balaban J connectivity index is 1.41. The summed E-state index contributed by atoms with van der Waals surface area (Å²) in [7, 11) is -4.23. The molecule has 13 nitrogen and oxygen atoms in total. The summed E-state index contributed by atoms with van der Waals surface area (Å²) in [6.45, 7) is 10.2. The van der Waals surface area contributed by atoms with Gasteiger partial charge in [0.2, 0.25) is 22.7 Å². The van der Waals surface area contributed by atoms with Crippen LogP contribution in [0.25, 0.3) is 0 Å². The minimum Gasteiger partial charge on any atom is -0.465 e. The van der Waals surface area contributed by atoms with Crippen molar-refractivity contribution in [2.45, 2.75) is 96.1 Å². The fourth-order valence-electron chi connectivity index (χ4n) is 7.05. The van der Waals surface area contributed by atoms with Crippen LogP contribution >= 0.6 is 0 Å². The number of nitrogens with one attached hydrogen (secondary N) is 1. The first-order chi connectivity index (χ1) is 24.1. The average molecular weight is 732 g/mol. The molecule has 2 aromatic rings. The number of carbonyl (C=O) groups is 2. The van der Waals surface area contributed by atoms with Crippen molar-refractivity contribution >= 4 is 22.0 Å². The van der Waals surface area contributed by atoms with Crippen LogP contribution in [0.1, 0.15) is 65.9 Å². The molecule has 2 aromatic carbocycles. The van der Waals surface area contributed by atoms with Gasteiger partial charge in [0.25, 0.3) is 0 Å². The minimum atomic E-state index is -4.23. The first kappa shape index (κ1) is 38.8. The largest absolute Gasteiger partial charge is 0.465 e. The normalized spacial score (nSPS) is 21.4. The quantitative estimate of drug-likeness (QED) is 0.210. The summed E-state index contributed by atoms with van der Waals surface area (Å²) in [4.78, 5) is 26.6. The van der Waals surface area contributed by atoms with Crippen molar-refractivity contribution in [3.05, 3.63) is 54.1 Å². The highest BCUT2D eigenvalue weighted by atomic mass is 32.2. The van der Waals surface area contributed by atoms with E-state index < -0.39 is 51.4 Å². The molecule has 2 amide bonds. The Kier molecular flexibility index (Phi) is 12.2. The number of carbonyl (C=O) groups excluding carboxylic acids is 1. The zero-order valence-corrected chi connectivity index (χ0v) is 31.1. The molecule has 5 rings (SSSR count). The van der Waals surface area contributed by atoms with E-state index in [4.69, 9.17) is 18.9 Å². The number of unbranched alkanes of at least 4 members (excludes halogenated alkanes) is 1. The highest BCUT2D eigenvalue weighted by Gasteiger charge is 2.49. The van der Waals surface area contributed by atoms with Crippen LogP contribution in [0.3, 0.4) is 0 Å². The number of amides is 2.